The van der Waals surface area contributed by atoms with E-state index in [1.807, 2.05) is 0 Å². The molecule has 1 unspecified atom stereocenters. The quantitative estimate of drug-likeness (QED) is 0.717. The number of methoxy groups -OCH3 is 1. The van der Waals surface area contributed by atoms with E-state index < -0.39 is 41.5 Å². The van der Waals surface area contributed by atoms with Gasteiger partial charge in [-0.05, 0) is 24.6 Å². The van der Waals surface area contributed by atoms with Crippen molar-refractivity contribution in [2.45, 2.75) is 42.9 Å². The predicted molar refractivity (Wildman–Crippen MR) is 68.1 cm³/mol. The summed E-state index contributed by atoms with van der Waals surface area (Å²) in [5.74, 6) is -19.6. The van der Waals surface area contributed by atoms with E-state index in [-0.39, 0.29) is 5.75 Å². The van der Waals surface area contributed by atoms with E-state index in [0.717, 1.165) is 12.1 Å². The van der Waals surface area contributed by atoms with Gasteiger partial charge in [-0.25, -0.2) is 0 Å². The second-order valence-corrected chi connectivity index (χ2v) is 5.53. The summed E-state index contributed by atoms with van der Waals surface area (Å²) in [6.45, 7) is 0.581. The van der Waals surface area contributed by atoms with Crippen molar-refractivity contribution in [3.8, 4) is 5.75 Å². The molecule has 1 atom stereocenters. The summed E-state index contributed by atoms with van der Waals surface area (Å²) in [6, 6.07) is 4.45. The third kappa shape index (κ3) is 3.80. The summed E-state index contributed by atoms with van der Waals surface area (Å²) < 4.78 is 121. The number of hydrogen-bond donors (Lipinski definition) is 1. The van der Waals surface area contributed by atoms with Gasteiger partial charge in [0.05, 0.1) is 19.1 Å². The van der Waals surface area contributed by atoms with Gasteiger partial charge in [-0.2, -0.15) is 39.5 Å². The zero-order valence-electron chi connectivity index (χ0n) is 12.8. The van der Waals surface area contributed by atoms with E-state index >= 15 is 0 Å². The Morgan fingerprint density at radius 3 is 1.88 bits per heavy atom. The van der Waals surface area contributed by atoms with E-state index in [1.54, 1.807) is 0 Å². The monoisotopic (exact) mass is 384 g/mol. The number of hydrogen-bond acceptors (Lipinski definition) is 2. The molecule has 2 nitrogen and oxygen atoms in total. The molecule has 0 saturated carbocycles. The minimum Gasteiger partial charge on any atom is -0.497 e. The van der Waals surface area contributed by atoms with Crippen LogP contribution in [0.3, 0.4) is 0 Å². The molecule has 0 spiro atoms. The molecular formula is C14H13F9O2. The average molecular weight is 384 g/mol. The lowest BCUT2D eigenvalue weighted by molar-refractivity contribution is -0.400. The Balaban J connectivity index is 3.25. The van der Waals surface area contributed by atoms with Crippen LogP contribution in [0.1, 0.15) is 18.9 Å². The largest absolute Gasteiger partial charge is 0.497 e. The lowest BCUT2D eigenvalue weighted by Crippen LogP contribution is -2.62. The second kappa shape index (κ2) is 6.26. The number of ether oxygens (including phenoxy) is 1. The van der Waals surface area contributed by atoms with E-state index in [9.17, 15) is 44.6 Å². The molecule has 1 N–H and O–H groups in total. The Morgan fingerprint density at radius 2 is 1.44 bits per heavy atom. The molecule has 0 amide bonds. The van der Waals surface area contributed by atoms with Crippen molar-refractivity contribution in [1.82, 2.24) is 0 Å². The van der Waals surface area contributed by atoms with E-state index in [4.69, 9.17) is 4.74 Å². The van der Waals surface area contributed by atoms with Crippen molar-refractivity contribution in [1.29, 1.82) is 0 Å². The maximum absolute atomic E-state index is 13.7. The zero-order chi connectivity index (χ0) is 19.9. The lowest BCUT2D eigenvalue weighted by atomic mass is 9.86. The molecule has 0 bridgehead atoms. The molecule has 0 saturated heterocycles. The SMILES string of the molecule is COc1cccc(C(C)(O)CC(F)(F)C(F)(F)C(F)(F)C(F)(F)F)c1. The standard InChI is InChI=1S/C14H13F9O2/c1-10(24,8-4-3-5-9(6-8)25-2)7-11(15,16)12(17,18)13(19,20)14(21,22)23/h3-6,24H,7H2,1-2H3. The minimum atomic E-state index is -6.99. The number of alkyl halides is 9. The summed E-state index contributed by atoms with van der Waals surface area (Å²) in [7, 11) is 1.17. The van der Waals surface area contributed by atoms with Crippen molar-refractivity contribution >= 4 is 0 Å². The van der Waals surface area contributed by atoms with E-state index in [2.05, 4.69) is 0 Å². The number of benzene rings is 1. The third-order valence-corrected chi connectivity index (χ3v) is 3.47. The van der Waals surface area contributed by atoms with Gasteiger partial charge in [-0.1, -0.05) is 12.1 Å². The average Bonchev–Trinajstić information content (AvgIpc) is 2.44. The maximum atomic E-state index is 13.7. The van der Waals surface area contributed by atoms with Gasteiger partial charge in [0.15, 0.2) is 0 Å². The fraction of sp³-hybridized carbons (Fsp3) is 0.571. The fourth-order valence-electron chi connectivity index (χ4n) is 2.01. The molecule has 1 aromatic rings. The maximum Gasteiger partial charge on any atom is 0.460 e. The minimum absolute atomic E-state index is 0.0217. The van der Waals surface area contributed by atoms with Crippen LogP contribution < -0.4 is 4.74 Å². The van der Waals surface area contributed by atoms with Crippen LogP contribution in [0.25, 0.3) is 0 Å². The lowest BCUT2D eigenvalue weighted by Gasteiger charge is -2.37. The third-order valence-electron chi connectivity index (χ3n) is 3.47. The first-order valence-corrected chi connectivity index (χ1v) is 6.57. The molecule has 1 aromatic carbocycles. The van der Waals surface area contributed by atoms with Gasteiger partial charge >= 0.3 is 23.9 Å². The number of rotatable bonds is 6. The highest BCUT2D eigenvalue weighted by atomic mass is 19.4. The summed E-state index contributed by atoms with van der Waals surface area (Å²) in [4.78, 5) is 0. The second-order valence-electron chi connectivity index (χ2n) is 5.53. The Hall–Kier alpha value is -1.65. The number of aliphatic hydroxyl groups is 1. The highest BCUT2D eigenvalue weighted by molar-refractivity contribution is 5.32. The molecule has 0 heterocycles. The fourth-order valence-corrected chi connectivity index (χ4v) is 2.01. The Bertz CT molecular complexity index is 609. The first-order valence-electron chi connectivity index (χ1n) is 6.57. The Kier molecular flexibility index (Phi) is 5.35. The van der Waals surface area contributed by atoms with Gasteiger partial charge in [0, 0.05) is 0 Å². The van der Waals surface area contributed by atoms with Crippen LogP contribution in [0.5, 0.6) is 5.75 Å². The summed E-state index contributed by atoms with van der Waals surface area (Å²) in [5, 5.41) is 9.98. The zero-order valence-corrected chi connectivity index (χ0v) is 12.8. The van der Waals surface area contributed by atoms with Crippen molar-refractivity contribution in [3.05, 3.63) is 29.8 Å². The van der Waals surface area contributed by atoms with Crippen LogP contribution >= 0.6 is 0 Å². The van der Waals surface area contributed by atoms with Crippen molar-refractivity contribution in [3.63, 3.8) is 0 Å². The molecule has 0 aromatic heterocycles. The van der Waals surface area contributed by atoms with Crippen LogP contribution in [0.2, 0.25) is 0 Å². The topological polar surface area (TPSA) is 29.5 Å². The van der Waals surface area contributed by atoms with Gasteiger partial charge in [-0.3, -0.25) is 0 Å². The molecule has 0 radical (unpaired) electrons. The summed E-state index contributed by atoms with van der Waals surface area (Å²) in [6.07, 6.45) is -9.28. The molecule has 0 aliphatic rings. The summed E-state index contributed by atoms with van der Waals surface area (Å²) >= 11 is 0. The molecule has 1 rings (SSSR count). The van der Waals surface area contributed by atoms with Gasteiger partial charge in [0.1, 0.15) is 5.75 Å². The molecule has 0 fully saturated rings. The smallest absolute Gasteiger partial charge is 0.460 e. The molecular weight excluding hydrogens is 371 g/mol. The number of halogens is 9. The highest BCUT2D eigenvalue weighted by Gasteiger charge is 2.81. The first kappa shape index (κ1) is 21.4. The predicted octanol–water partition coefficient (Wildman–Crippen LogP) is 4.76. The molecule has 0 aliphatic heterocycles. The van der Waals surface area contributed by atoms with Crippen LogP contribution in [0.15, 0.2) is 24.3 Å². The van der Waals surface area contributed by atoms with Gasteiger partial charge in [0.2, 0.25) is 0 Å². The van der Waals surface area contributed by atoms with E-state index in [0.29, 0.717) is 6.92 Å². The highest BCUT2D eigenvalue weighted by Crippen LogP contribution is 2.55. The molecule has 11 heteroatoms. The van der Waals surface area contributed by atoms with Crippen molar-refractivity contribution in [2.75, 3.05) is 7.11 Å². The Morgan fingerprint density at radius 1 is 0.920 bits per heavy atom. The van der Waals surface area contributed by atoms with Crippen LogP contribution in [-0.2, 0) is 5.60 Å². The normalized spacial score (nSPS) is 16.5. The van der Waals surface area contributed by atoms with Crippen molar-refractivity contribution < 1.29 is 49.4 Å². The molecule has 25 heavy (non-hydrogen) atoms. The van der Waals surface area contributed by atoms with Crippen LogP contribution in [-0.4, -0.2) is 36.2 Å². The van der Waals surface area contributed by atoms with Gasteiger partial charge < -0.3 is 9.84 Å². The molecule has 0 aliphatic carbocycles. The van der Waals surface area contributed by atoms with E-state index in [1.165, 1.54) is 19.2 Å². The van der Waals surface area contributed by atoms with Gasteiger partial charge in [0.25, 0.3) is 0 Å². The Labute approximate surface area is 136 Å². The first-order chi connectivity index (χ1) is 11.0. The van der Waals surface area contributed by atoms with Gasteiger partial charge in [-0.15, -0.1) is 0 Å². The van der Waals surface area contributed by atoms with Crippen LogP contribution in [0.4, 0.5) is 39.5 Å². The van der Waals surface area contributed by atoms with Crippen molar-refractivity contribution in [2.24, 2.45) is 0 Å². The van der Waals surface area contributed by atoms with Crippen LogP contribution in [0, 0.1) is 0 Å². The molecule has 144 valence electrons. The summed E-state index contributed by atoms with van der Waals surface area (Å²) in [5.41, 5.74) is -3.28.